The highest BCUT2D eigenvalue weighted by atomic mass is 16.4. The number of carboxylic acid groups (broad SMARTS) is 3. The van der Waals surface area contributed by atoms with Crippen molar-refractivity contribution in [1.29, 1.82) is 0 Å². The van der Waals surface area contributed by atoms with Crippen LogP contribution in [-0.2, 0) is 0 Å². The van der Waals surface area contributed by atoms with Crippen molar-refractivity contribution in [3.63, 3.8) is 0 Å². The minimum absolute atomic E-state index is 0.226. The summed E-state index contributed by atoms with van der Waals surface area (Å²) in [4.78, 5) is 32.0. The summed E-state index contributed by atoms with van der Waals surface area (Å²) in [7, 11) is -0.452. The molecule has 0 spiro atoms. The highest BCUT2D eigenvalue weighted by Crippen LogP contribution is 2.05. The third-order valence-corrected chi connectivity index (χ3v) is 1.87. The van der Waals surface area contributed by atoms with Gasteiger partial charge in [0.2, 0.25) is 0 Å². The predicted molar refractivity (Wildman–Crippen MR) is 50.9 cm³/mol. The Balaban J connectivity index is 2.95. The Hall–Kier alpha value is -1.84. The summed E-state index contributed by atoms with van der Waals surface area (Å²) in [6.07, 6.45) is -3.00. The van der Waals surface area contributed by atoms with E-state index in [4.69, 9.17) is 15.3 Å². The van der Waals surface area contributed by atoms with E-state index >= 15 is 0 Å². The summed E-state index contributed by atoms with van der Waals surface area (Å²) in [5.74, 6) is -1.53. The molecule has 1 aliphatic rings. The Kier molecular flexibility index (Phi) is 3.09. The fourth-order valence-electron chi connectivity index (χ4n) is 1.24. The van der Waals surface area contributed by atoms with E-state index in [0.29, 0.717) is 9.44 Å². The molecule has 12 heteroatoms. The zero-order valence-corrected chi connectivity index (χ0v) is 7.45. The molecule has 0 aromatic rings. The van der Waals surface area contributed by atoms with Crippen LogP contribution in [0.15, 0.2) is 0 Å². The fraction of sp³-hybridized carbons (Fsp3) is 0. The standard InChI is InChI=1S/C3H6B3N3O6/c10-1(11)6-8(2(12)13)4-7-5-9(6)3(14)15/h4-5,7H,(H,10,11)(H,12,13)(H,14,15). The molecular formula is C3H6B3N3O6. The Morgan fingerprint density at radius 2 is 1.40 bits per heavy atom. The van der Waals surface area contributed by atoms with Gasteiger partial charge in [-0.05, 0) is 0 Å². The summed E-state index contributed by atoms with van der Waals surface area (Å²) in [5, 5.41) is 28.5. The molecule has 0 radical (unpaired) electrons. The van der Waals surface area contributed by atoms with Crippen LogP contribution in [0.4, 0.5) is 14.4 Å². The molecular weight excluding hydrogens is 206 g/mol. The molecule has 0 bridgehead atoms. The molecule has 0 aromatic carbocycles. The van der Waals surface area contributed by atoms with Crippen molar-refractivity contribution >= 4 is 40.1 Å². The maximum absolute atomic E-state index is 10.7. The number of hydrogen-bond acceptors (Lipinski definition) is 4. The smallest absolute Gasteiger partial charge is 0.486 e. The van der Waals surface area contributed by atoms with Crippen molar-refractivity contribution in [2.45, 2.75) is 0 Å². The molecule has 78 valence electrons. The second-order valence-electron chi connectivity index (χ2n) is 2.78. The van der Waals surface area contributed by atoms with Gasteiger partial charge in [0.05, 0.1) is 0 Å². The third-order valence-electron chi connectivity index (χ3n) is 1.87. The first-order chi connectivity index (χ1) is 6.95. The zero-order chi connectivity index (χ0) is 11.6. The number of nitrogens with zero attached hydrogens (tertiary/aromatic N) is 2. The number of hydrogen-bond donors (Lipinski definition) is 4. The molecule has 0 atom stereocenters. The van der Waals surface area contributed by atoms with Crippen molar-refractivity contribution in [3.8, 4) is 0 Å². The molecule has 0 saturated carbocycles. The molecule has 0 unspecified atom stereocenters. The van der Waals surface area contributed by atoms with Crippen LogP contribution in [0.3, 0.4) is 0 Å². The van der Waals surface area contributed by atoms with Crippen molar-refractivity contribution in [2.75, 3.05) is 0 Å². The van der Waals surface area contributed by atoms with Gasteiger partial charge in [-0.2, -0.15) is 0 Å². The molecule has 9 nitrogen and oxygen atoms in total. The maximum atomic E-state index is 10.7. The molecule has 4 N–H and O–H groups in total. The van der Waals surface area contributed by atoms with Crippen LogP contribution in [0.2, 0.25) is 0 Å². The lowest BCUT2D eigenvalue weighted by Crippen LogP contribution is -2.71. The largest absolute Gasteiger partial charge is 0.491 e. The van der Waals surface area contributed by atoms with Gasteiger partial charge in [0.25, 0.3) is 0 Å². The first-order valence-corrected chi connectivity index (χ1v) is 3.88. The normalized spacial score (nSPS) is 15.3. The number of nitrogens with one attached hydrogen (secondary N) is 1. The molecule has 0 aromatic heterocycles. The summed E-state index contributed by atoms with van der Waals surface area (Å²) >= 11 is 0. The third kappa shape index (κ3) is 2.15. The molecule has 2 amide bonds. The van der Waals surface area contributed by atoms with E-state index in [1.165, 1.54) is 0 Å². The van der Waals surface area contributed by atoms with Gasteiger partial charge in [-0.15, -0.1) is 0 Å². The van der Waals surface area contributed by atoms with Crippen LogP contribution in [0.5, 0.6) is 0 Å². The first kappa shape index (κ1) is 11.2. The monoisotopic (exact) mass is 213 g/mol. The predicted octanol–water partition coefficient (Wildman–Crippen LogP) is -2.17. The van der Waals surface area contributed by atoms with E-state index in [2.05, 4.69) is 5.14 Å². The van der Waals surface area contributed by atoms with Gasteiger partial charge in [-0.3, -0.25) is 4.79 Å². The number of carbonyl (C=O) groups is 3. The molecule has 1 aliphatic heterocycles. The fourth-order valence-corrected chi connectivity index (χ4v) is 1.24. The van der Waals surface area contributed by atoms with Gasteiger partial charge >= 0.3 is 40.1 Å². The Labute approximate surface area is 85.3 Å². The Bertz CT molecular complexity index is 289. The van der Waals surface area contributed by atoms with Crippen molar-refractivity contribution in [1.82, 2.24) is 14.6 Å². The minimum Gasteiger partial charge on any atom is -0.486 e. The van der Waals surface area contributed by atoms with Crippen molar-refractivity contribution < 1.29 is 29.7 Å². The van der Waals surface area contributed by atoms with E-state index in [1.807, 2.05) is 0 Å². The van der Waals surface area contributed by atoms with Gasteiger partial charge < -0.3 is 29.9 Å². The summed E-state index contributed by atoms with van der Waals surface area (Å²) in [6.45, 7) is -1.71. The van der Waals surface area contributed by atoms with E-state index in [0.717, 1.165) is 0 Å². The lowest BCUT2D eigenvalue weighted by atomic mass is 9.60. The highest BCUT2D eigenvalue weighted by molar-refractivity contribution is 6.96. The Morgan fingerprint density at radius 3 is 1.67 bits per heavy atom. The lowest BCUT2D eigenvalue weighted by Gasteiger charge is -2.34. The van der Waals surface area contributed by atoms with Crippen molar-refractivity contribution in [3.05, 3.63) is 0 Å². The molecule has 1 heterocycles. The molecule has 15 heavy (non-hydrogen) atoms. The van der Waals surface area contributed by atoms with Crippen LogP contribution in [0, 0.1) is 0 Å². The van der Waals surface area contributed by atoms with Gasteiger partial charge in [0.15, 0.2) is 0 Å². The van der Waals surface area contributed by atoms with Crippen LogP contribution in [-0.4, -0.2) is 64.9 Å². The van der Waals surface area contributed by atoms with Crippen LogP contribution in [0.1, 0.15) is 0 Å². The van der Waals surface area contributed by atoms with Crippen LogP contribution in [0.25, 0.3) is 0 Å². The van der Waals surface area contributed by atoms with Gasteiger partial charge in [-0.1, -0.05) is 0 Å². The van der Waals surface area contributed by atoms with Crippen molar-refractivity contribution in [2.24, 2.45) is 0 Å². The van der Waals surface area contributed by atoms with Crippen LogP contribution >= 0.6 is 0 Å². The first-order valence-electron chi connectivity index (χ1n) is 3.88. The van der Waals surface area contributed by atoms with Gasteiger partial charge in [0.1, 0.15) is 0 Å². The summed E-state index contributed by atoms with van der Waals surface area (Å²) in [6, 6.07) is 0. The second-order valence-corrected chi connectivity index (χ2v) is 2.78. The number of amides is 2. The maximum Gasteiger partial charge on any atom is 0.491 e. The van der Waals surface area contributed by atoms with E-state index < -0.39 is 25.0 Å². The number of rotatable bonds is 1. The lowest BCUT2D eigenvalue weighted by molar-refractivity contribution is 0.174. The van der Waals surface area contributed by atoms with E-state index in [-0.39, 0.29) is 15.1 Å². The van der Waals surface area contributed by atoms with E-state index in [1.54, 1.807) is 0 Å². The highest BCUT2D eigenvalue weighted by Gasteiger charge is 2.47. The van der Waals surface area contributed by atoms with Crippen LogP contribution < -0.4 is 5.14 Å². The molecule has 0 aliphatic carbocycles. The second kappa shape index (κ2) is 4.13. The average molecular weight is 213 g/mol. The molecule has 1 saturated heterocycles. The topological polar surface area (TPSA) is 130 Å². The van der Waals surface area contributed by atoms with Gasteiger partial charge in [0, 0.05) is 0 Å². The molecule has 1 rings (SSSR count). The molecule has 1 fully saturated rings. The van der Waals surface area contributed by atoms with E-state index in [9.17, 15) is 14.4 Å². The zero-order valence-electron chi connectivity index (χ0n) is 7.45. The summed E-state index contributed by atoms with van der Waals surface area (Å²) < 4.78 is 0.972. The Morgan fingerprint density at radius 1 is 1.00 bits per heavy atom. The minimum atomic E-state index is -1.71. The quantitative estimate of drug-likeness (QED) is 0.364. The summed E-state index contributed by atoms with van der Waals surface area (Å²) in [5.41, 5.74) is 0. The SMILES string of the molecule is O=C(O)B1N(C(=O)O)BNBN1C(=O)O. The average Bonchev–Trinajstić information content (AvgIpc) is 2.16. The van der Waals surface area contributed by atoms with Gasteiger partial charge in [-0.25, -0.2) is 9.59 Å².